The Balaban J connectivity index is 0.000000103. The van der Waals surface area contributed by atoms with Crippen LogP contribution in [-0.2, 0) is 61.5 Å². The molecule has 9 rings (SSSR count). The zero-order chi connectivity index (χ0) is 25.7. The smallest absolute Gasteiger partial charge is 0.233 e. The Bertz CT molecular complexity index is 1110. The van der Waals surface area contributed by atoms with Crippen molar-refractivity contribution in [1.82, 2.24) is 4.90 Å². The zero-order valence-corrected chi connectivity index (χ0v) is 23.7. The zero-order valence-electron chi connectivity index (χ0n) is 20.9. The number of imide groups is 3. The van der Waals surface area contributed by atoms with Crippen LogP contribution in [0.4, 0.5) is 0 Å². The fraction of sp³-hybridized carbons (Fsp3) is 0.571. The Morgan fingerprint density at radius 1 is 0.500 bits per heavy atom. The van der Waals surface area contributed by atoms with Gasteiger partial charge in [0.25, 0.3) is 0 Å². The monoisotopic (exact) mass is 590 g/mol. The van der Waals surface area contributed by atoms with Gasteiger partial charge in [0.1, 0.15) is 0 Å². The van der Waals surface area contributed by atoms with Gasteiger partial charge in [-0.1, -0.05) is 36.5 Å². The maximum absolute atomic E-state index is 11.7. The molecule has 3 aliphatic heterocycles. The summed E-state index contributed by atoms with van der Waals surface area (Å²) < 4.78 is 0. The molecule has 1 radical (unpaired) electrons. The first kappa shape index (κ1) is 26.0. The fourth-order valence-corrected chi connectivity index (χ4v) is 8.56. The molecule has 0 N–H and O–H groups in total. The minimum atomic E-state index is -0.179. The van der Waals surface area contributed by atoms with Crippen LogP contribution >= 0.6 is 0 Å². The third-order valence-corrected chi connectivity index (χ3v) is 10.2. The summed E-state index contributed by atoms with van der Waals surface area (Å²) in [5.41, 5.74) is 0. The van der Waals surface area contributed by atoms with Gasteiger partial charge in [-0.05, 0) is 54.8 Å². The second-order valence-electron chi connectivity index (χ2n) is 11.8. The van der Waals surface area contributed by atoms with Crippen LogP contribution in [0.15, 0.2) is 36.5 Å². The number of carbonyl (C=O) groups is 6. The van der Waals surface area contributed by atoms with E-state index in [2.05, 4.69) is 47.1 Å². The maximum Gasteiger partial charge on any atom is 0.233 e. The van der Waals surface area contributed by atoms with Crippen molar-refractivity contribution in [3.63, 3.8) is 0 Å². The second kappa shape index (κ2) is 9.15. The Labute approximate surface area is 245 Å². The minimum absolute atomic E-state index is 0. The van der Waals surface area contributed by atoms with Crippen molar-refractivity contribution in [2.45, 2.75) is 19.3 Å². The van der Waals surface area contributed by atoms with Gasteiger partial charge in [-0.3, -0.25) is 14.5 Å². The van der Waals surface area contributed by atoms with E-state index in [0.717, 1.165) is 19.3 Å². The van der Waals surface area contributed by atoms with Gasteiger partial charge in [-0.2, -0.15) is 0 Å². The molecule has 195 valence electrons. The van der Waals surface area contributed by atoms with Gasteiger partial charge in [0.2, 0.25) is 11.8 Å². The Morgan fingerprint density at radius 3 is 1.00 bits per heavy atom. The van der Waals surface area contributed by atoms with Crippen LogP contribution in [0, 0.1) is 71.0 Å². The first-order valence-electron chi connectivity index (χ1n) is 13.2. The summed E-state index contributed by atoms with van der Waals surface area (Å²) in [7, 11) is 1.60. The molecule has 0 spiro atoms. The molecule has 3 saturated heterocycles. The van der Waals surface area contributed by atoms with E-state index in [-0.39, 0.29) is 104 Å². The van der Waals surface area contributed by atoms with E-state index in [4.69, 9.17) is 0 Å². The van der Waals surface area contributed by atoms with Gasteiger partial charge >= 0.3 is 0 Å². The van der Waals surface area contributed by atoms with Crippen molar-refractivity contribution in [1.29, 1.82) is 0 Å². The number of rotatable bonds is 0. The van der Waals surface area contributed by atoms with Crippen LogP contribution in [0.2, 0.25) is 0 Å². The van der Waals surface area contributed by atoms with Crippen LogP contribution in [0.5, 0.6) is 0 Å². The van der Waals surface area contributed by atoms with E-state index in [1.54, 1.807) is 7.05 Å². The molecule has 6 amide bonds. The number of fused-ring (bicyclic) bond motifs is 15. The van der Waals surface area contributed by atoms with E-state index in [1.807, 2.05) is 0 Å². The number of hydrogen-bond donors (Lipinski definition) is 0. The minimum Gasteiger partial charge on any atom is -0.595 e. The Morgan fingerprint density at radius 2 is 0.737 bits per heavy atom. The topological polar surface area (TPSA) is 134 Å². The van der Waals surface area contributed by atoms with Crippen LogP contribution < -0.4 is 0 Å². The summed E-state index contributed by atoms with van der Waals surface area (Å²) in [4.78, 5) is 69.6. The fourth-order valence-electron chi connectivity index (χ4n) is 8.56. The normalized spacial score (nSPS) is 46.4. The molecule has 12 unspecified atom stereocenters. The van der Waals surface area contributed by atoms with E-state index in [1.165, 1.54) is 4.90 Å². The van der Waals surface area contributed by atoms with Crippen molar-refractivity contribution in [2.75, 3.05) is 7.05 Å². The van der Waals surface area contributed by atoms with Crippen molar-refractivity contribution >= 4 is 35.4 Å². The third kappa shape index (κ3) is 3.56. The SMILES string of the molecule is CN1C(=O)C2C3C=CC(C3)C2C1=O.O=C1[N-]C(=O)C2C3C=CC(C3)C12.O=C1[N-]C(=O)C2C3C=CC(C3)C12.[Y]. The molecule has 6 bridgehead atoms. The van der Waals surface area contributed by atoms with Crippen molar-refractivity contribution < 1.29 is 61.5 Å². The molecule has 3 heterocycles. The van der Waals surface area contributed by atoms with E-state index >= 15 is 0 Å². The molecular weight excluding hydrogens is 563 g/mol. The Kier molecular flexibility index (Phi) is 6.26. The van der Waals surface area contributed by atoms with Crippen molar-refractivity contribution in [2.24, 2.45) is 71.0 Å². The summed E-state index contributed by atoms with van der Waals surface area (Å²) in [6.45, 7) is 0. The predicted octanol–water partition coefficient (Wildman–Crippen LogP) is 2.15. The first-order chi connectivity index (χ1) is 17.7. The largest absolute Gasteiger partial charge is 0.595 e. The molecule has 12 atom stereocenters. The number of hydrogen-bond acceptors (Lipinski definition) is 6. The first-order valence-corrected chi connectivity index (χ1v) is 13.2. The summed E-state index contributed by atoms with van der Waals surface area (Å²) in [6.07, 6.45) is 15.5. The van der Waals surface area contributed by atoms with Crippen LogP contribution in [0.1, 0.15) is 19.3 Å². The number of likely N-dealkylation sites (tertiary alicyclic amines) is 1. The predicted molar refractivity (Wildman–Crippen MR) is 128 cm³/mol. The van der Waals surface area contributed by atoms with Crippen LogP contribution in [0.25, 0.3) is 10.6 Å². The second-order valence-corrected chi connectivity index (χ2v) is 11.8. The molecule has 10 heteroatoms. The molecular formula is C28H27N3O6Y-2. The molecule has 0 aromatic heterocycles. The van der Waals surface area contributed by atoms with Gasteiger partial charge in [0.15, 0.2) is 0 Å². The number of nitrogens with zero attached hydrogens (tertiary/aromatic N) is 3. The molecule has 0 aromatic rings. The van der Waals surface area contributed by atoms with Gasteiger partial charge < -0.3 is 29.8 Å². The quantitative estimate of drug-likeness (QED) is 0.314. The number of amides is 6. The van der Waals surface area contributed by atoms with E-state index in [9.17, 15) is 28.8 Å². The number of allylic oxidation sites excluding steroid dienone is 6. The van der Waals surface area contributed by atoms with Gasteiger partial charge in [0, 0.05) is 63.4 Å². The van der Waals surface area contributed by atoms with Crippen LogP contribution in [0.3, 0.4) is 0 Å². The third-order valence-electron chi connectivity index (χ3n) is 10.2. The maximum atomic E-state index is 11.7. The number of carbonyl (C=O) groups excluding carboxylic acids is 6. The summed E-state index contributed by atoms with van der Waals surface area (Å²) in [6, 6.07) is 0. The standard InChI is InChI=1S/C10H11NO2.2C9H9NO2.Y/c1-11-9(12)7-5-2-3-6(4-5)8(7)10(11)13;2*11-8-6-4-1-2-5(3-4)7(6)9(12)10-8;/h2-3,5-8H,4H2,1H3;2*1-2,4-7H,3H2,(H,10,11,12);/p-2. The van der Waals surface area contributed by atoms with Crippen molar-refractivity contribution in [3.05, 3.63) is 47.1 Å². The molecule has 9 nitrogen and oxygen atoms in total. The molecule has 9 aliphatic rings. The van der Waals surface area contributed by atoms with Crippen LogP contribution in [-0.4, -0.2) is 47.4 Å². The van der Waals surface area contributed by atoms with E-state index < -0.39 is 0 Å². The van der Waals surface area contributed by atoms with E-state index in [0.29, 0.717) is 35.5 Å². The van der Waals surface area contributed by atoms with Gasteiger partial charge in [-0.25, -0.2) is 0 Å². The Hall–Kier alpha value is -2.26. The summed E-state index contributed by atoms with van der Waals surface area (Å²) in [5.74, 6) is 0.870. The average molecular weight is 590 g/mol. The molecule has 6 fully saturated rings. The average Bonchev–Trinajstić information content (AvgIpc) is 3.72. The molecule has 38 heavy (non-hydrogen) atoms. The summed E-state index contributed by atoms with van der Waals surface area (Å²) in [5, 5.41) is 6.99. The molecule has 6 aliphatic carbocycles. The molecule has 0 aromatic carbocycles. The van der Waals surface area contributed by atoms with Gasteiger partial charge in [0.05, 0.1) is 35.5 Å². The van der Waals surface area contributed by atoms with Gasteiger partial charge in [-0.15, -0.1) is 0 Å². The summed E-state index contributed by atoms with van der Waals surface area (Å²) >= 11 is 0. The van der Waals surface area contributed by atoms with Crippen molar-refractivity contribution in [3.8, 4) is 0 Å². The molecule has 3 saturated carbocycles.